The van der Waals surface area contributed by atoms with Crippen LogP contribution in [0.3, 0.4) is 0 Å². The number of aromatic nitrogens is 1. The number of rotatable bonds is 6. The third-order valence-electron chi connectivity index (χ3n) is 10.9. The number of allylic oxidation sites excluding steroid dienone is 2. The molecule has 0 atom stereocenters. The first-order chi connectivity index (χ1) is 24.9. The third-order valence-corrected chi connectivity index (χ3v) is 10.9. The average Bonchev–Trinajstić information content (AvgIpc) is 3.74. The molecule has 2 aromatic heterocycles. The van der Waals surface area contributed by atoms with E-state index >= 15 is 0 Å². The molecule has 0 bridgehead atoms. The Kier molecular flexibility index (Phi) is 8.20. The summed E-state index contributed by atoms with van der Waals surface area (Å²) < 4.78 is 48.6. The molecule has 0 unspecified atom stereocenters. The van der Waals surface area contributed by atoms with Crippen molar-refractivity contribution in [3.05, 3.63) is 89.3 Å². The maximum Gasteiger partial charge on any atom is 0.162 e. The largest absolute Gasteiger partial charge is 0.512 e. The summed E-state index contributed by atoms with van der Waals surface area (Å²) in [5, 5.41) is 13.1. The zero-order chi connectivity index (χ0) is 36.3. The van der Waals surface area contributed by atoms with Gasteiger partial charge in [0.2, 0.25) is 0 Å². The summed E-state index contributed by atoms with van der Waals surface area (Å²) in [7, 11) is 0. The van der Waals surface area contributed by atoms with Crippen LogP contribution in [0.15, 0.2) is 71.0 Å². The van der Waals surface area contributed by atoms with Gasteiger partial charge in [-0.3, -0.25) is 4.79 Å². The van der Waals surface area contributed by atoms with Crippen LogP contribution < -0.4 is 0 Å². The molecule has 4 aliphatic carbocycles. The minimum atomic E-state index is -2.34. The molecule has 0 amide bonds. The number of pyridine rings is 1. The van der Waals surface area contributed by atoms with E-state index in [-0.39, 0.29) is 43.3 Å². The molecule has 4 aliphatic rings. The maximum atomic E-state index is 11.8. The molecule has 251 valence electrons. The average molecular weight is 822 g/mol. The molecular weight excluding hydrogens is 771 g/mol. The number of aryl methyl sites for hydroxylation is 1. The van der Waals surface area contributed by atoms with Crippen LogP contribution in [0.25, 0.3) is 44.0 Å². The molecule has 1 radical (unpaired) electrons. The molecule has 5 aromatic rings. The molecule has 1 N–H and O–H groups in total. The van der Waals surface area contributed by atoms with Crippen molar-refractivity contribution in [1.29, 1.82) is 0 Å². The standard InChI is InChI=1S/C30H26NO.C13H20O2.Ir/c1-18-14-25-22-8-4-5-9-28(22)32-30(25)26(15-18)29-23-13-12-21(19-6-2-3-7-19)16-24(23)27(17-31-29)20-10-11-20;14-12(10-5-1-2-6-10)9-13(15)11-7-3-4-8-11;/h4-5,8-9,12-14,16-17,19-20H,2-3,6-7,10-11H2,1H3;9-11,14H,1-8H2;/q-1;;/b;12-9-;/i1D3,19D,20D;;. The molecule has 4 fully saturated rings. The predicted molar refractivity (Wildman–Crippen MR) is 191 cm³/mol. The second-order valence-corrected chi connectivity index (χ2v) is 14.0. The van der Waals surface area contributed by atoms with Gasteiger partial charge in [0.05, 0.1) is 11.3 Å². The van der Waals surface area contributed by atoms with E-state index in [1.807, 2.05) is 36.4 Å². The number of carbonyl (C=O) groups excluding carboxylic acids is 1. The van der Waals surface area contributed by atoms with Crippen molar-refractivity contribution in [2.75, 3.05) is 0 Å². The summed E-state index contributed by atoms with van der Waals surface area (Å²) in [5.41, 5.74) is 4.32. The van der Waals surface area contributed by atoms with E-state index in [1.165, 1.54) is 31.8 Å². The van der Waals surface area contributed by atoms with Crippen molar-refractivity contribution in [1.82, 2.24) is 4.98 Å². The predicted octanol–water partition coefficient (Wildman–Crippen LogP) is 11.8. The van der Waals surface area contributed by atoms with Gasteiger partial charge in [0.1, 0.15) is 5.58 Å². The Balaban J connectivity index is 0.000000229. The smallest absolute Gasteiger partial charge is 0.162 e. The van der Waals surface area contributed by atoms with E-state index in [2.05, 4.69) is 12.1 Å². The van der Waals surface area contributed by atoms with Crippen LogP contribution in [0.4, 0.5) is 0 Å². The number of benzene rings is 3. The molecule has 4 saturated carbocycles. The second-order valence-electron chi connectivity index (χ2n) is 14.0. The fourth-order valence-corrected chi connectivity index (χ4v) is 8.11. The number of nitrogens with zero attached hydrogens (tertiary/aromatic N) is 1. The van der Waals surface area contributed by atoms with E-state index < -0.39 is 18.6 Å². The van der Waals surface area contributed by atoms with Crippen molar-refractivity contribution in [2.45, 2.75) is 109 Å². The van der Waals surface area contributed by atoms with Crippen LogP contribution in [0.5, 0.6) is 0 Å². The van der Waals surface area contributed by atoms with Gasteiger partial charge in [0.25, 0.3) is 0 Å². The molecule has 4 nitrogen and oxygen atoms in total. The molecule has 0 saturated heterocycles. The second kappa shape index (κ2) is 14.3. The topological polar surface area (TPSA) is 63.3 Å². The van der Waals surface area contributed by atoms with E-state index in [9.17, 15) is 9.90 Å². The summed E-state index contributed by atoms with van der Waals surface area (Å²) in [5.74, 6) is -0.274. The van der Waals surface area contributed by atoms with Gasteiger partial charge < -0.3 is 14.5 Å². The summed E-state index contributed by atoms with van der Waals surface area (Å²) in [4.78, 5) is 16.6. The van der Waals surface area contributed by atoms with Gasteiger partial charge in [0.15, 0.2) is 5.78 Å². The fourth-order valence-electron chi connectivity index (χ4n) is 8.11. The van der Waals surface area contributed by atoms with Gasteiger partial charge in [-0.25, -0.2) is 0 Å². The van der Waals surface area contributed by atoms with Gasteiger partial charge in [-0.05, 0) is 96.8 Å². The Morgan fingerprint density at radius 1 is 0.854 bits per heavy atom. The van der Waals surface area contributed by atoms with E-state index in [0.29, 0.717) is 28.2 Å². The maximum absolute atomic E-state index is 11.8. The van der Waals surface area contributed by atoms with Crippen LogP contribution in [0, 0.1) is 24.8 Å². The molecule has 9 rings (SSSR count). The zero-order valence-electron chi connectivity index (χ0n) is 32.4. The number of hydrogen-bond donors (Lipinski definition) is 1. The minimum Gasteiger partial charge on any atom is -0.512 e. The van der Waals surface area contributed by atoms with E-state index in [0.717, 1.165) is 96.9 Å². The first-order valence-corrected chi connectivity index (χ1v) is 17.7. The van der Waals surface area contributed by atoms with Gasteiger partial charge in [-0.2, -0.15) is 0 Å². The third kappa shape index (κ3) is 6.66. The Bertz CT molecular complexity index is 2190. The molecule has 0 spiro atoms. The quantitative estimate of drug-likeness (QED) is 0.105. The summed E-state index contributed by atoms with van der Waals surface area (Å²) in [6, 6.07) is 18.5. The summed E-state index contributed by atoms with van der Waals surface area (Å²) in [6.07, 6.45) is 17.5. The Labute approximate surface area is 304 Å². The van der Waals surface area contributed by atoms with Crippen molar-refractivity contribution < 1.29 is 41.3 Å². The first-order valence-electron chi connectivity index (χ1n) is 20.2. The monoisotopic (exact) mass is 822 g/mol. The number of hydrogen-bond acceptors (Lipinski definition) is 4. The normalized spacial score (nSPS) is 22.3. The number of ketones is 1. The van der Waals surface area contributed by atoms with Crippen LogP contribution in [-0.2, 0) is 24.9 Å². The zero-order valence-corrected chi connectivity index (χ0v) is 29.8. The van der Waals surface area contributed by atoms with Crippen molar-refractivity contribution in [2.24, 2.45) is 11.8 Å². The number of carbonyl (C=O) groups is 1. The fraction of sp³-hybridized carbons (Fsp3) is 0.442. The summed E-state index contributed by atoms with van der Waals surface area (Å²) >= 11 is 0. The van der Waals surface area contributed by atoms with Gasteiger partial charge in [0, 0.05) is 56.5 Å². The van der Waals surface area contributed by atoms with Crippen molar-refractivity contribution in [3.8, 4) is 11.3 Å². The number of aliphatic hydroxyl groups is 1. The summed E-state index contributed by atoms with van der Waals surface area (Å²) in [6.45, 7) is -2.34. The molecule has 0 aliphatic heterocycles. The van der Waals surface area contributed by atoms with Crippen LogP contribution in [0.2, 0.25) is 0 Å². The molecule has 48 heavy (non-hydrogen) atoms. The molecular formula is C43H46IrNO3-. The minimum absolute atomic E-state index is 0. The number of aliphatic hydroxyl groups excluding tert-OH is 1. The number of para-hydroxylation sites is 1. The number of furan rings is 1. The van der Waals surface area contributed by atoms with Crippen LogP contribution in [-0.4, -0.2) is 15.9 Å². The molecule has 5 heteroatoms. The van der Waals surface area contributed by atoms with Crippen LogP contribution in [0.1, 0.15) is 125 Å². The van der Waals surface area contributed by atoms with E-state index in [1.54, 1.807) is 12.3 Å². The van der Waals surface area contributed by atoms with Gasteiger partial charge >= 0.3 is 0 Å². The van der Waals surface area contributed by atoms with Crippen molar-refractivity contribution >= 4 is 38.5 Å². The number of fused-ring (bicyclic) bond motifs is 4. The van der Waals surface area contributed by atoms with Gasteiger partial charge in [-0.1, -0.05) is 92.7 Å². The van der Waals surface area contributed by atoms with Crippen LogP contribution >= 0.6 is 0 Å². The molecule has 3 aromatic carbocycles. The Morgan fingerprint density at radius 3 is 2.29 bits per heavy atom. The molecule has 2 heterocycles. The van der Waals surface area contributed by atoms with E-state index in [4.69, 9.17) is 16.3 Å². The van der Waals surface area contributed by atoms with Crippen molar-refractivity contribution in [3.63, 3.8) is 0 Å². The first kappa shape index (κ1) is 27.5. The Morgan fingerprint density at radius 2 is 1.56 bits per heavy atom. The SMILES string of the molecule is O=C(/C=C(\O)C1CCCC1)C1CCCC1.[2H]C([2H])([2H])c1[c-]c(-c2ncc(C3([2H])CC3)c3cc(C4([2H])CCCC4)ccc23)c2oc3ccccc3c2c1.[Ir]. The Hall–Kier alpha value is -3.27. The van der Waals surface area contributed by atoms with Gasteiger partial charge in [-0.15, -0.1) is 17.7 Å².